The van der Waals surface area contributed by atoms with Crippen LogP contribution < -0.4 is 0 Å². The molecule has 1 atom stereocenters. The first-order valence-electron chi connectivity index (χ1n) is 6.12. The molecule has 1 aliphatic carbocycles. The van der Waals surface area contributed by atoms with Gasteiger partial charge in [0.2, 0.25) is 12.0 Å². The molecular weight excluding hydrogens is 276 g/mol. The Hall–Kier alpha value is -2.73. The van der Waals surface area contributed by atoms with E-state index in [4.69, 9.17) is 4.74 Å². The monoisotopic (exact) mass is 286 g/mol. The molecular formula is C15H10O6. The van der Waals surface area contributed by atoms with E-state index in [0.29, 0.717) is 0 Å². The molecule has 0 unspecified atom stereocenters. The van der Waals surface area contributed by atoms with Crippen LogP contribution in [0.3, 0.4) is 0 Å². The predicted molar refractivity (Wildman–Crippen MR) is 69.3 cm³/mol. The van der Waals surface area contributed by atoms with Crippen LogP contribution in [-0.2, 0) is 14.3 Å². The van der Waals surface area contributed by atoms with Crippen molar-refractivity contribution in [3.05, 3.63) is 58.4 Å². The molecule has 1 aliphatic heterocycles. The van der Waals surface area contributed by atoms with Crippen molar-refractivity contribution in [3.63, 3.8) is 0 Å². The van der Waals surface area contributed by atoms with E-state index in [1.54, 1.807) is 12.1 Å². The van der Waals surface area contributed by atoms with Gasteiger partial charge in [-0.3, -0.25) is 9.59 Å². The summed E-state index contributed by atoms with van der Waals surface area (Å²) in [5.74, 6) is -2.08. The van der Waals surface area contributed by atoms with Crippen LogP contribution in [0.15, 0.2) is 47.2 Å². The highest BCUT2D eigenvalue weighted by atomic mass is 16.6. The van der Waals surface area contributed by atoms with E-state index in [2.05, 4.69) is 4.74 Å². The molecule has 21 heavy (non-hydrogen) atoms. The molecule has 1 heterocycles. The molecule has 0 saturated heterocycles. The maximum absolute atomic E-state index is 12.4. The van der Waals surface area contributed by atoms with Crippen molar-refractivity contribution in [2.75, 3.05) is 7.11 Å². The van der Waals surface area contributed by atoms with Crippen molar-refractivity contribution < 1.29 is 29.0 Å². The predicted octanol–water partition coefficient (Wildman–Crippen LogP) is 0.768. The molecule has 0 saturated carbocycles. The number of ether oxygens (including phenoxy) is 2. The van der Waals surface area contributed by atoms with Crippen molar-refractivity contribution >= 4 is 17.5 Å². The highest BCUT2D eigenvalue weighted by Crippen LogP contribution is 2.33. The van der Waals surface area contributed by atoms with Crippen molar-refractivity contribution in [2.24, 2.45) is 0 Å². The van der Waals surface area contributed by atoms with Crippen LogP contribution in [-0.4, -0.2) is 36.0 Å². The largest absolute Gasteiger partial charge is 0.463 e. The Morgan fingerprint density at radius 2 is 1.81 bits per heavy atom. The zero-order chi connectivity index (χ0) is 15.1. The fraction of sp³-hybridized carbons (Fsp3) is 0.133. The number of esters is 1. The van der Waals surface area contributed by atoms with E-state index in [1.165, 1.54) is 12.1 Å². The topological polar surface area (TPSA) is 89.9 Å². The van der Waals surface area contributed by atoms with Gasteiger partial charge in [0.25, 0.3) is 0 Å². The maximum Gasteiger partial charge on any atom is 0.373 e. The van der Waals surface area contributed by atoms with Crippen LogP contribution in [0, 0.1) is 0 Å². The maximum atomic E-state index is 12.4. The number of aliphatic hydroxyl groups is 1. The van der Waals surface area contributed by atoms with Gasteiger partial charge in [-0.15, -0.1) is 0 Å². The normalized spacial score (nSPS) is 20.3. The minimum Gasteiger partial charge on any atom is -0.463 e. The number of fused-ring (bicyclic) bond motifs is 1. The Labute approximate surface area is 119 Å². The second-order valence-corrected chi connectivity index (χ2v) is 4.50. The van der Waals surface area contributed by atoms with Crippen LogP contribution in [0.2, 0.25) is 0 Å². The highest BCUT2D eigenvalue weighted by molar-refractivity contribution is 6.28. The molecule has 0 amide bonds. The van der Waals surface area contributed by atoms with E-state index < -0.39 is 23.8 Å². The number of carbonyl (C=O) groups excluding carboxylic acids is 3. The minimum atomic E-state index is -1.68. The first-order valence-corrected chi connectivity index (χ1v) is 6.12. The van der Waals surface area contributed by atoms with Gasteiger partial charge in [0.05, 0.1) is 12.7 Å². The average Bonchev–Trinajstić information content (AvgIpc) is 2.51. The van der Waals surface area contributed by atoms with E-state index in [0.717, 1.165) is 13.2 Å². The smallest absolute Gasteiger partial charge is 0.373 e. The van der Waals surface area contributed by atoms with Crippen molar-refractivity contribution in [3.8, 4) is 0 Å². The molecule has 1 N–H and O–H groups in total. The van der Waals surface area contributed by atoms with Gasteiger partial charge in [-0.05, 0) is 6.08 Å². The summed E-state index contributed by atoms with van der Waals surface area (Å²) in [6.45, 7) is 0. The molecule has 0 spiro atoms. The Bertz CT molecular complexity index is 740. The molecule has 6 heteroatoms. The molecule has 2 aliphatic rings. The van der Waals surface area contributed by atoms with Gasteiger partial charge in [-0.2, -0.15) is 0 Å². The van der Waals surface area contributed by atoms with E-state index in [-0.39, 0.29) is 28.0 Å². The minimum absolute atomic E-state index is 0.0437. The number of hydrogen-bond donors (Lipinski definition) is 1. The quantitative estimate of drug-likeness (QED) is 0.767. The summed E-state index contributed by atoms with van der Waals surface area (Å²) in [5, 5.41) is 9.93. The Kier molecular flexibility index (Phi) is 2.95. The van der Waals surface area contributed by atoms with Crippen molar-refractivity contribution in [1.82, 2.24) is 0 Å². The summed E-state index contributed by atoms with van der Waals surface area (Å²) in [4.78, 5) is 36.3. The van der Waals surface area contributed by atoms with Gasteiger partial charge in [-0.1, -0.05) is 24.3 Å². The van der Waals surface area contributed by atoms with Gasteiger partial charge in [0, 0.05) is 16.7 Å². The molecule has 1 aromatic carbocycles. The van der Waals surface area contributed by atoms with Crippen LogP contribution in [0.4, 0.5) is 0 Å². The lowest BCUT2D eigenvalue weighted by molar-refractivity contribution is -0.145. The van der Waals surface area contributed by atoms with E-state index in [9.17, 15) is 19.5 Å². The van der Waals surface area contributed by atoms with Crippen molar-refractivity contribution in [2.45, 2.75) is 6.29 Å². The fourth-order valence-corrected chi connectivity index (χ4v) is 2.35. The number of ketones is 2. The molecule has 0 radical (unpaired) electrons. The first kappa shape index (κ1) is 13.3. The number of rotatable bonds is 1. The third-order valence-electron chi connectivity index (χ3n) is 3.34. The standard InChI is InChI=1S/C15H10O6/c1-20-14(18)10-6-9-11(15(19)21-10)13(17)8-5-3-2-4-7(8)12(9)16/h2-6,15,19H,1H3/t15-/m0/s1. The molecule has 3 rings (SSSR count). The second kappa shape index (κ2) is 4.68. The average molecular weight is 286 g/mol. The Morgan fingerprint density at radius 1 is 1.19 bits per heavy atom. The zero-order valence-corrected chi connectivity index (χ0v) is 11.0. The Balaban J connectivity index is 2.18. The first-order chi connectivity index (χ1) is 10.0. The summed E-state index contributed by atoms with van der Waals surface area (Å²) in [6.07, 6.45) is -0.548. The molecule has 106 valence electrons. The van der Waals surface area contributed by atoms with Gasteiger partial charge in [0.15, 0.2) is 11.6 Å². The molecule has 0 fully saturated rings. The van der Waals surface area contributed by atoms with E-state index >= 15 is 0 Å². The number of Topliss-reactive ketones (excluding diaryl/α,β-unsaturated/α-hetero) is 2. The van der Waals surface area contributed by atoms with Crippen LogP contribution in [0.1, 0.15) is 20.7 Å². The summed E-state index contributed by atoms with van der Waals surface area (Å²) in [7, 11) is 1.14. The van der Waals surface area contributed by atoms with Crippen LogP contribution in [0.25, 0.3) is 0 Å². The number of methoxy groups -OCH3 is 1. The number of benzene rings is 1. The van der Waals surface area contributed by atoms with Crippen LogP contribution >= 0.6 is 0 Å². The zero-order valence-electron chi connectivity index (χ0n) is 11.0. The lowest BCUT2D eigenvalue weighted by Crippen LogP contribution is -2.34. The summed E-state index contributed by atoms with van der Waals surface area (Å²) in [6, 6.07) is 6.29. The molecule has 0 bridgehead atoms. The third kappa shape index (κ3) is 1.88. The van der Waals surface area contributed by atoms with E-state index in [1.807, 2.05) is 0 Å². The molecule has 0 aromatic heterocycles. The number of carbonyl (C=O) groups is 3. The van der Waals surface area contributed by atoms with Gasteiger partial charge in [-0.25, -0.2) is 4.79 Å². The fourth-order valence-electron chi connectivity index (χ4n) is 2.35. The number of allylic oxidation sites excluding steroid dienone is 2. The Morgan fingerprint density at radius 3 is 2.43 bits per heavy atom. The lowest BCUT2D eigenvalue weighted by Gasteiger charge is -2.27. The van der Waals surface area contributed by atoms with Crippen LogP contribution in [0.5, 0.6) is 0 Å². The highest BCUT2D eigenvalue weighted by Gasteiger charge is 2.39. The molecule has 1 aromatic rings. The SMILES string of the molecule is COC(=O)C1=CC2=C(C(=O)c3ccccc3C2=O)[C@@H](O)O1. The summed E-state index contributed by atoms with van der Waals surface area (Å²) in [5.41, 5.74) is 0.235. The molecule has 6 nitrogen and oxygen atoms in total. The van der Waals surface area contributed by atoms with Gasteiger partial charge < -0.3 is 14.6 Å². The van der Waals surface area contributed by atoms with Gasteiger partial charge in [0.1, 0.15) is 0 Å². The number of hydrogen-bond acceptors (Lipinski definition) is 6. The lowest BCUT2D eigenvalue weighted by atomic mass is 9.82. The number of aliphatic hydroxyl groups excluding tert-OH is 1. The summed E-state index contributed by atoms with van der Waals surface area (Å²) >= 11 is 0. The second-order valence-electron chi connectivity index (χ2n) is 4.50. The van der Waals surface area contributed by atoms with Gasteiger partial charge >= 0.3 is 5.97 Å². The van der Waals surface area contributed by atoms with Crippen molar-refractivity contribution in [1.29, 1.82) is 0 Å². The third-order valence-corrected chi connectivity index (χ3v) is 3.34. The summed E-state index contributed by atoms with van der Waals surface area (Å²) < 4.78 is 9.44.